The van der Waals surface area contributed by atoms with Crippen LogP contribution >= 0.6 is 0 Å². The molecule has 1 aromatic carbocycles. The molecule has 0 spiro atoms. The van der Waals surface area contributed by atoms with Gasteiger partial charge in [-0.15, -0.1) is 0 Å². The van der Waals surface area contributed by atoms with Crippen LogP contribution < -0.4 is 10.6 Å². The largest absolute Gasteiger partial charge is 0.373 e. The topological polar surface area (TPSA) is 70.7 Å². The van der Waals surface area contributed by atoms with Crippen LogP contribution in [0.4, 0.5) is 8.78 Å². The SMILES string of the molecule is CC(C)[C@@H](NC(=O)c1c(F)cccc1F)C(=O)NCC(C)(C)N1C[C@@H](C)O[C@@H](C)C1. The van der Waals surface area contributed by atoms with E-state index < -0.39 is 35.1 Å². The number of carbonyl (C=O) groups excluding carboxylic acids is 2. The van der Waals surface area contributed by atoms with E-state index in [1.165, 1.54) is 6.07 Å². The van der Waals surface area contributed by atoms with Crippen LogP contribution in [0.2, 0.25) is 0 Å². The third kappa shape index (κ3) is 5.98. The number of carbonyl (C=O) groups is 2. The molecular formula is C22H33F2N3O3. The number of hydrogen-bond donors (Lipinski definition) is 2. The molecule has 2 rings (SSSR count). The standard InChI is InChI=1S/C22H33F2N3O3/c1-13(2)19(26-20(28)18-16(23)8-7-9-17(18)24)21(29)25-12-22(5,6)27-10-14(3)30-15(4)11-27/h7-9,13-15,19H,10-12H2,1-6H3,(H,25,29)(H,26,28)/t14-,15+,19-/m1/s1. The average Bonchev–Trinajstić information content (AvgIpc) is 2.63. The van der Waals surface area contributed by atoms with E-state index in [1.807, 2.05) is 27.7 Å². The summed E-state index contributed by atoms with van der Waals surface area (Å²) >= 11 is 0. The van der Waals surface area contributed by atoms with E-state index in [9.17, 15) is 18.4 Å². The Hall–Kier alpha value is -2.06. The quantitative estimate of drug-likeness (QED) is 0.705. The van der Waals surface area contributed by atoms with Crippen LogP contribution in [0.15, 0.2) is 18.2 Å². The van der Waals surface area contributed by atoms with Crippen LogP contribution in [0.1, 0.15) is 51.9 Å². The minimum absolute atomic E-state index is 0.0992. The predicted octanol–water partition coefficient (Wildman–Crippen LogP) is 2.72. The Balaban J connectivity index is 2.04. The van der Waals surface area contributed by atoms with Gasteiger partial charge in [0, 0.05) is 25.2 Å². The minimum atomic E-state index is -0.966. The summed E-state index contributed by atoms with van der Waals surface area (Å²) < 4.78 is 33.6. The Morgan fingerprint density at radius 2 is 1.70 bits per heavy atom. The number of rotatable bonds is 7. The van der Waals surface area contributed by atoms with Gasteiger partial charge in [0.25, 0.3) is 5.91 Å². The zero-order valence-electron chi connectivity index (χ0n) is 18.6. The molecule has 6 nitrogen and oxygen atoms in total. The van der Waals surface area contributed by atoms with Crippen molar-refractivity contribution in [2.24, 2.45) is 5.92 Å². The maximum absolute atomic E-state index is 13.9. The molecule has 0 bridgehead atoms. The molecule has 1 fully saturated rings. The fourth-order valence-corrected chi connectivity index (χ4v) is 3.66. The number of nitrogens with one attached hydrogen (secondary N) is 2. The van der Waals surface area contributed by atoms with E-state index in [2.05, 4.69) is 15.5 Å². The molecule has 0 unspecified atom stereocenters. The van der Waals surface area contributed by atoms with Crippen LogP contribution in [0.3, 0.4) is 0 Å². The maximum atomic E-state index is 13.9. The van der Waals surface area contributed by atoms with Gasteiger partial charge < -0.3 is 15.4 Å². The Bertz CT molecular complexity index is 740. The lowest BCUT2D eigenvalue weighted by molar-refractivity contribution is -0.125. The summed E-state index contributed by atoms with van der Waals surface area (Å²) in [4.78, 5) is 27.5. The molecule has 2 N–H and O–H groups in total. The predicted molar refractivity (Wildman–Crippen MR) is 111 cm³/mol. The second-order valence-electron chi connectivity index (χ2n) is 8.98. The molecule has 0 radical (unpaired) electrons. The van der Waals surface area contributed by atoms with E-state index in [-0.39, 0.29) is 23.7 Å². The van der Waals surface area contributed by atoms with Crippen molar-refractivity contribution in [3.63, 3.8) is 0 Å². The molecule has 1 saturated heterocycles. The summed E-state index contributed by atoms with van der Waals surface area (Å²) in [5, 5.41) is 5.37. The van der Waals surface area contributed by atoms with Crippen molar-refractivity contribution in [3.8, 4) is 0 Å². The van der Waals surface area contributed by atoms with Gasteiger partial charge in [-0.05, 0) is 45.7 Å². The van der Waals surface area contributed by atoms with Gasteiger partial charge in [-0.2, -0.15) is 0 Å². The number of benzene rings is 1. The van der Waals surface area contributed by atoms with E-state index in [1.54, 1.807) is 13.8 Å². The van der Waals surface area contributed by atoms with Crippen LogP contribution in [0, 0.1) is 17.6 Å². The zero-order valence-corrected chi connectivity index (χ0v) is 18.6. The van der Waals surface area contributed by atoms with Crippen molar-refractivity contribution in [2.75, 3.05) is 19.6 Å². The number of morpholine rings is 1. The van der Waals surface area contributed by atoms with Crippen molar-refractivity contribution in [3.05, 3.63) is 35.4 Å². The molecule has 0 aliphatic carbocycles. The molecule has 1 heterocycles. The first-order chi connectivity index (χ1) is 13.9. The molecule has 8 heteroatoms. The maximum Gasteiger partial charge on any atom is 0.257 e. The van der Waals surface area contributed by atoms with Crippen LogP contribution in [-0.2, 0) is 9.53 Å². The molecule has 168 valence electrons. The Morgan fingerprint density at radius 3 is 2.20 bits per heavy atom. The average molecular weight is 426 g/mol. The van der Waals surface area contributed by atoms with Crippen LogP contribution in [0.5, 0.6) is 0 Å². The van der Waals surface area contributed by atoms with Gasteiger partial charge in [0.05, 0.1) is 12.2 Å². The van der Waals surface area contributed by atoms with Gasteiger partial charge >= 0.3 is 0 Å². The Kier molecular flexibility index (Phi) is 7.93. The minimum Gasteiger partial charge on any atom is -0.373 e. The zero-order chi connectivity index (χ0) is 22.6. The van der Waals surface area contributed by atoms with Gasteiger partial charge in [-0.3, -0.25) is 14.5 Å². The number of hydrogen-bond acceptors (Lipinski definition) is 4. The van der Waals surface area contributed by atoms with Crippen molar-refractivity contribution >= 4 is 11.8 Å². The van der Waals surface area contributed by atoms with E-state index in [0.29, 0.717) is 6.54 Å². The summed E-state index contributed by atoms with van der Waals surface area (Å²) in [6, 6.07) is 2.28. The lowest BCUT2D eigenvalue weighted by atomic mass is 9.98. The second kappa shape index (κ2) is 9.83. The fraction of sp³-hybridized carbons (Fsp3) is 0.636. The highest BCUT2D eigenvalue weighted by Gasteiger charge is 2.34. The van der Waals surface area contributed by atoms with Crippen molar-refractivity contribution in [1.29, 1.82) is 0 Å². The van der Waals surface area contributed by atoms with E-state index in [4.69, 9.17) is 4.74 Å². The summed E-state index contributed by atoms with van der Waals surface area (Å²) in [6.07, 6.45) is 0.198. The van der Waals surface area contributed by atoms with Gasteiger partial charge in [0.1, 0.15) is 23.2 Å². The van der Waals surface area contributed by atoms with Gasteiger partial charge in [0.2, 0.25) is 5.91 Å². The number of nitrogens with zero attached hydrogens (tertiary/aromatic N) is 1. The highest BCUT2D eigenvalue weighted by atomic mass is 19.1. The third-order valence-corrected chi connectivity index (χ3v) is 5.40. The number of amides is 2. The van der Waals surface area contributed by atoms with Crippen molar-refractivity contribution < 1.29 is 23.1 Å². The molecule has 1 aliphatic rings. The van der Waals surface area contributed by atoms with Gasteiger partial charge in [-0.1, -0.05) is 19.9 Å². The van der Waals surface area contributed by atoms with E-state index in [0.717, 1.165) is 25.2 Å². The monoisotopic (exact) mass is 425 g/mol. The van der Waals surface area contributed by atoms with Crippen molar-refractivity contribution in [1.82, 2.24) is 15.5 Å². The smallest absolute Gasteiger partial charge is 0.257 e. The summed E-state index contributed by atoms with van der Waals surface area (Å²) in [5.74, 6) is -3.54. The van der Waals surface area contributed by atoms with Gasteiger partial charge in [0.15, 0.2) is 0 Å². The van der Waals surface area contributed by atoms with Crippen LogP contribution in [-0.4, -0.2) is 60.1 Å². The molecule has 30 heavy (non-hydrogen) atoms. The fourth-order valence-electron chi connectivity index (χ4n) is 3.66. The second-order valence-corrected chi connectivity index (χ2v) is 8.98. The normalized spacial score (nSPS) is 21.4. The molecule has 3 atom stereocenters. The number of ether oxygens (including phenoxy) is 1. The first kappa shape index (κ1) is 24.2. The highest BCUT2D eigenvalue weighted by molar-refractivity contribution is 5.98. The lowest BCUT2D eigenvalue weighted by Crippen LogP contribution is -2.60. The summed E-state index contributed by atoms with van der Waals surface area (Å²) in [7, 11) is 0. The van der Waals surface area contributed by atoms with E-state index >= 15 is 0 Å². The molecular weight excluding hydrogens is 392 g/mol. The third-order valence-electron chi connectivity index (χ3n) is 5.40. The van der Waals surface area contributed by atoms with Gasteiger partial charge in [-0.25, -0.2) is 8.78 Å². The Morgan fingerprint density at radius 1 is 1.17 bits per heavy atom. The summed E-state index contributed by atoms with van der Waals surface area (Å²) in [6.45, 7) is 13.5. The molecule has 1 aromatic rings. The Labute approximate surface area is 177 Å². The van der Waals surface area contributed by atoms with Crippen LogP contribution in [0.25, 0.3) is 0 Å². The molecule has 1 aliphatic heterocycles. The molecule has 2 amide bonds. The number of halogens is 2. The summed E-state index contributed by atoms with van der Waals surface area (Å²) in [5.41, 5.74) is -1.02. The lowest BCUT2D eigenvalue weighted by Gasteiger charge is -2.45. The first-order valence-corrected chi connectivity index (χ1v) is 10.4. The molecule has 0 aromatic heterocycles. The van der Waals surface area contributed by atoms with Crippen molar-refractivity contribution in [2.45, 2.75) is 65.3 Å². The first-order valence-electron chi connectivity index (χ1n) is 10.4. The highest BCUT2D eigenvalue weighted by Crippen LogP contribution is 2.21. The molecule has 0 saturated carbocycles.